The zero-order valence-electron chi connectivity index (χ0n) is 18.3. The fourth-order valence-corrected chi connectivity index (χ4v) is 4.94. The molecule has 2 aromatic heterocycles. The third kappa shape index (κ3) is 4.54. The van der Waals surface area contributed by atoms with E-state index in [0.29, 0.717) is 32.3 Å². The van der Waals surface area contributed by atoms with E-state index in [1.807, 2.05) is 23.2 Å². The van der Waals surface area contributed by atoms with Gasteiger partial charge in [0, 0.05) is 50.9 Å². The van der Waals surface area contributed by atoms with Crippen molar-refractivity contribution in [2.45, 2.75) is 50.7 Å². The number of imidazole rings is 1. The highest BCUT2D eigenvalue weighted by Gasteiger charge is 2.40. The maximum Gasteiger partial charge on any atom is 0.240 e. The lowest BCUT2D eigenvalue weighted by atomic mass is 9.89. The van der Waals surface area contributed by atoms with Crippen LogP contribution in [0.3, 0.4) is 0 Å². The quantitative estimate of drug-likeness (QED) is 0.765. The van der Waals surface area contributed by atoms with Crippen molar-refractivity contribution >= 4 is 23.0 Å². The number of aromatic nitrogens is 2. The first-order valence-electron chi connectivity index (χ1n) is 11.5. The summed E-state index contributed by atoms with van der Waals surface area (Å²) in [5.41, 5.74) is 4.34. The highest BCUT2D eigenvalue weighted by atomic mass is 16.5. The van der Waals surface area contributed by atoms with Crippen molar-refractivity contribution in [3.05, 3.63) is 36.4 Å². The molecule has 5 heterocycles. The molecule has 3 aliphatic rings. The molecule has 170 valence electrons. The Morgan fingerprint density at radius 1 is 1.19 bits per heavy atom. The summed E-state index contributed by atoms with van der Waals surface area (Å²) in [4.78, 5) is 32.9. The average Bonchev–Trinajstić information content (AvgIpc) is 3.22. The van der Waals surface area contributed by atoms with E-state index < -0.39 is 0 Å². The van der Waals surface area contributed by atoms with Crippen LogP contribution in [0.25, 0.3) is 5.52 Å². The fraction of sp³-hybridized carbons (Fsp3) is 0.565. The van der Waals surface area contributed by atoms with E-state index in [0.717, 1.165) is 62.6 Å². The highest BCUT2D eigenvalue weighted by Crippen LogP contribution is 2.31. The standard InChI is InChI=1S/C23H30N6O3/c30-21-6-4-18(25-26-21)5-7-22(31)28-11-8-23(9-12-28)17-27(13-14-32-23)16-20-24-15-19-3-1-2-10-29(19)20/h1-3,10,15H,4-9,11-14,16-17H2,(H,26,30). The zero-order valence-corrected chi connectivity index (χ0v) is 18.3. The van der Waals surface area contributed by atoms with Crippen molar-refractivity contribution in [1.29, 1.82) is 0 Å². The lowest BCUT2D eigenvalue weighted by Gasteiger charge is -2.47. The van der Waals surface area contributed by atoms with Crippen molar-refractivity contribution in [2.24, 2.45) is 5.10 Å². The number of rotatable bonds is 5. The molecule has 5 rings (SSSR count). The van der Waals surface area contributed by atoms with E-state index >= 15 is 0 Å². The first-order chi connectivity index (χ1) is 15.6. The van der Waals surface area contributed by atoms with E-state index in [4.69, 9.17) is 4.74 Å². The molecule has 2 aromatic rings. The summed E-state index contributed by atoms with van der Waals surface area (Å²) in [6.45, 7) is 4.72. The number of amides is 2. The minimum absolute atomic E-state index is 0.0520. The summed E-state index contributed by atoms with van der Waals surface area (Å²) in [7, 11) is 0. The molecule has 0 aromatic carbocycles. The van der Waals surface area contributed by atoms with Gasteiger partial charge in [-0.15, -0.1) is 0 Å². The topological polar surface area (TPSA) is 91.5 Å². The number of nitrogens with one attached hydrogen (secondary N) is 1. The Bertz CT molecular complexity index is 1020. The summed E-state index contributed by atoms with van der Waals surface area (Å²) >= 11 is 0. The average molecular weight is 439 g/mol. The van der Waals surface area contributed by atoms with E-state index in [9.17, 15) is 9.59 Å². The van der Waals surface area contributed by atoms with Crippen LogP contribution in [0.5, 0.6) is 0 Å². The third-order valence-corrected chi connectivity index (χ3v) is 6.84. The highest BCUT2D eigenvalue weighted by molar-refractivity contribution is 5.94. The summed E-state index contributed by atoms with van der Waals surface area (Å²) < 4.78 is 8.41. The number of hydrogen-bond acceptors (Lipinski definition) is 6. The first kappa shape index (κ1) is 21.1. The molecule has 32 heavy (non-hydrogen) atoms. The summed E-state index contributed by atoms with van der Waals surface area (Å²) in [6.07, 6.45) is 7.86. The van der Waals surface area contributed by atoms with Gasteiger partial charge in [-0.3, -0.25) is 14.5 Å². The Labute approximate surface area is 187 Å². The van der Waals surface area contributed by atoms with Crippen molar-refractivity contribution in [2.75, 3.05) is 32.8 Å². The predicted octanol–water partition coefficient (Wildman–Crippen LogP) is 1.57. The van der Waals surface area contributed by atoms with Gasteiger partial charge in [-0.2, -0.15) is 5.10 Å². The maximum atomic E-state index is 12.7. The van der Waals surface area contributed by atoms with Crippen LogP contribution in [-0.4, -0.2) is 75.1 Å². The lowest BCUT2D eigenvalue weighted by Crippen LogP contribution is -2.57. The zero-order chi connectivity index (χ0) is 22.0. The van der Waals surface area contributed by atoms with Gasteiger partial charge < -0.3 is 14.0 Å². The molecular weight excluding hydrogens is 408 g/mol. The minimum Gasteiger partial charge on any atom is -0.372 e. The first-order valence-corrected chi connectivity index (χ1v) is 11.5. The molecule has 0 unspecified atom stereocenters. The summed E-state index contributed by atoms with van der Waals surface area (Å²) in [6, 6.07) is 6.13. The number of ether oxygens (including phenoxy) is 1. The van der Waals surface area contributed by atoms with Crippen LogP contribution in [0.15, 0.2) is 35.7 Å². The Hall–Kier alpha value is -2.78. The van der Waals surface area contributed by atoms with E-state index in [1.165, 1.54) is 0 Å². The Morgan fingerprint density at radius 2 is 2.06 bits per heavy atom. The second-order valence-electron chi connectivity index (χ2n) is 9.01. The molecule has 0 bridgehead atoms. The molecule has 9 nitrogen and oxygen atoms in total. The molecular formula is C23H30N6O3. The van der Waals surface area contributed by atoms with Crippen molar-refractivity contribution in [1.82, 2.24) is 24.6 Å². The maximum absolute atomic E-state index is 12.7. The Balaban J connectivity index is 1.13. The van der Waals surface area contributed by atoms with Gasteiger partial charge in [0.25, 0.3) is 0 Å². The van der Waals surface area contributed by atoms with Crippen LogP contribution in [0, 0.1) is 0 Å². The van der Waals surface area contributed by atoms with Crippen LogP contribution in [0.2, 0.25) is 0 Å². The van der Waals surface area contributed by atoms with Gasteiger partial charge in [0.1, 0.15) is 5.82 Å². The molecule has 9 heteroatoms. The molecule has 0 saturated carbocycles. The number of morpholine rings is 1. The second-order valence-corrected chi connectivity index (χ2v) is 9.01. The molecule has 1 N–H and O–H groups in total. The lowest BCUT2D eigenvalue weighted by molar-refractivity contribution is -0.151. The SMILES string of the molecule is O=C1CCC(CCC(=O)N2CCC3(CC2)CN(Cc2ncc4ccccn24)CCO3)=NN1. The number of piperidine rings is 1. The Kier molecular flexibility index (Phi) is 5.93. The number of pyridine rings is 1. The molecule has 0 atom stereocenters. The molecule has 1 spiro atoms. The third-order valence-electron chi connectivity index (χ3n) is 6.84. The second kappa shape index (κ2) is 8.99. The fourth-order valence-electron chi connectivity index (χ4n) is 4.94. The summed E-state index contributed by atoms with van der Waals surface area (Å²) in [5.74, 6) is 1.16. The van der Waals surface area contributed by atoms with Gasteiger partial charge >= 0.3 is 0 Å². The van der Waals surface area contributed by atoms with Crippen LogP contribution < -0.4 is 5.43 Å². The van der Waals surface area contributed by atoms with E-state index in [2.05, 4.69) is 37.1 Å². The van der Waals surface area contributed by atoms with Gasteiger partial charge in [0.15, 0.2) is 0 Å². The van der Waals surface area contributed by atoms with E-state index in [-0.39, 0.29) is 17.4 Å². The number of fused-ring (bicyclic) bond motifs is 1. The minimum atomic E-state index is -0.181. The van der Waals surface area contributed by atoms with Crippen LogP contribution in [0.1, 0.15) is 44.3 Å². The van der Waals surface area contributed by atoms with Gasteiger partial charge in [0.2, 0.25) is 11.8 Å². The van der Waals surface area contributed by atoms with Crippen molar-refractivity contribution < 1.29 is 14.3 Å². The molecule has 0 aliphatic carbocycles. The van der Waals surface area contributed by atoms with E-state index in [1.54, 1.807) is 0 Å². The number of hydrogen-bond donors (Lipinski definition) is 1. The Morgan fingerprint density at radius 3 is 2.88 bits per heavy atom. The molecule has 2 saturated heterocycles. The van der Waals surface area contributed by atoms with Gasteiger partial charge in [-0.05, 0) is 37.8 Å². The molecule has 0 radical (unpaired) electrons. The van der Waals surface area contributed by atoms with Crippen LogP contribution >= 0.6 is 0 Å². The molecule has 3 aliphatic heterocycles. The van der Waals surface area contributed by atoms with Crippen LogP contribution in [0.4, 0.5) is 0 Å². The smallest absolute Gasteiger partial charge is 0.240 e. The van der Waals surface area contributed by atoms with Gasteiger partial charge in [-0.1, -0.05) is 6.07 Å². The normalized spacial score (nSPS) is 21.6. The number of carbonyl (C=O) groups is 2. The monoisotopic (exact) mass is 438 g/mol. The van der Waals surface area contributed by atoms with Gasteiger partial charge in [-0.25, -0.2) is 10.4 Å². The number of carbonyl (C=O) groups excluding carboxylic acids is 2. The van der Waals surface area contributed by atoms with Crippen molar-refractivity contribution in [3.8, 4) is 0 Å². The molecule has 2 fully saturated rings. The summed E-state index contributed by atoms with van der Waals surface area (Å²) in [5, 5.41) is 4.07. The largest absolute Gasteiger partial charge is 0.372 e. The molecule has 2 amide bonds. The van der Waals surface area contributed by atoms with Gasteiger partial charge in [0.05, 0.1) is 30.5 Å². The number of likely N-dealkylation sites (tertiary alicyclic amines) is 1. The number of hydrazone groups is 1. The van der Waals surface area contributed by atoms with Crippen LogP contribution in [-0.2, 0) is 20.9 Å². The number of nitrogens with zero attached hydrogens (tertiary/aromatic N) is 5. The van der Waals surface area contributed by atoms with Crippen molar-refractivity contribution in [3.63, 3.8) is 0 Å². The predicted molar refractivity (Wildman–Crippen MR) is 119 cm³/mol.